The molecule has 0 saturated heterocycles. The molecule has 210 valence electrons. The molecule has 0 heterocycles. The zero-order chi connectivity index (χ0) is 28.7. The molecule has 0 spiro atoms. The van der Waals surface area contributed by atoms with Crippen LogP contribution in [0.4, 0.5) is 4.79 Å². The third-order valence-corrected chi connectivity index (χ3v) is 5.33. The van der Waals surface area contributed by atoms with Crippen molar-refractivity contribution in [1.29, 1.82) is 0 Å². The van der Waals surface area contributed by atoms with E-state index in [-0.39, 0.29) is 24.7 Å². The standard InChI is InChI=1S/C24H35N5O8S/c1-14(2)9-17(22(33)26-11-20(31)29-18(13-38)23(34)35)28-19(30)10-25-21(32)15(3)27-24(36)37-12-16-7-5-4-6-8-16/h4-8,14-15,17-18,38H,9-13H2,1-3H3,(H,25,32)(H,26,33)(H,27,36)(H,28,30)(H,29,31)(H,34,35)/t15?,17-,18?/m0/s1. The SMILES string of the molecule is CC(C)C[C@H](NC(=O)CNC(=O)C(C)NC(=O)OCc1ccccc1)C(=O)NCC(=O)NC(CS)C(=O)O. The summed E-state index contributed by atoms with van der Waals surface area (Å²) in [7, 11) is 0. The van der Waals surface area contributed by atoms with Crippen molar-refractivity contribution in [1.82, 2.24) is 26.6 Å². The van der Waals surface area contributed by atoms with Crippen LogP contribution in [-0.4, -0.2) is 77.8 Å². The first-order valence-corrected chi connectivity index (χ1v) is 12.5. The number of thiol groups is 1. The molecule has 0 fully saturated rings. The van der Waals surface area contributed by atoms with Gasteiger partial charge in [0.25, 0.3) is 0 Å². The van der Waals surface area contributed by atoms with E-state index in [2.05, 4.69) is 39.2 Å². The summed E-state index contributed by atoms with van der Waals surface area (Å²) < 4.78 is 5.05. The number of carbonyl (C=O) groups is 6. The zero-order valence-corrected chi connectivity index (χ0v) is 22.4. The summed E-state index contributed by atoms with van der Waals surface area (Å²) in [6.07, 6.45) is -0.560. The predicted molar refractivity (Wildman–Crippen MR) is 140 cm³/mol. The van der Waals surface area contributed by atoms with Gasteiger partial charge < -0.3 is 36.4 Å². The minimum absolute atomic E-state index is 0.00108. The van der Waals surface area contributed by atoms with Crippen LogP contribution < -0.4 is 26.6 Å². The Hall–Kier alpha value is -3.81. The lowest BCUT2D eigenvalue weighted by molar-refractivity contribution is -0.141. The second-order valence-electron chi connectivity index (χ2n) is 8.75. The molecule has 6 N–H and O–H groups in total. The Morgan fingerprint density at radius 3 is 1.92 bits per heavy atom. The van der Waals surface area contributed by atoms with Crippen molar-refractivity contribution in [2.75, 3.05) is 18.8 Å². The van der Waals surface area contributed by atoms with E-state index < -0.39 is 66.9 Å². The maximum Gasteiger partial charge on any atom is 0.408 e. The second-order valence-corrected chi connectivity index (χ2v) is 9.12. The van der Waals surface area contributed by atoms with Crippen LogP contribution in [0.3, 0.4) is 0 Å². The van der Waals surface area contributed by atoms with Crippen LogP contribution in [0.15, 0.2) is 30.3 Å². The average Bonchev–Trinajstić information content (AvgIpc) is 2.87. The molecule has 38 heavy (non-hydrogen) atoms. The number of carboxylic acid groups (broad SMARTS) is 1. The molecule has 13 nitrogen and oxygen atoms in total. The lowest BCUT2D eigenvalue weighted by Gasteiger charge is -2.21. The first kappa shape index (κ1) is 32.2. The van der Waals surface area contributed by atoms with E-state index >= 15 is 0 Å². The van der Waals surface area contributed by atoms with Gasteiger partial charge in [-0.25, -0.2) is 9.59 Å². The molecule has 0 aliphatic rings. The predicted octanol–water partition coefficient (Wildman–Crippen LogP) is -0.436. The third-order valence-electron chi connectivity index (χ3n) is 4.96. The Bertz CT molecular complexity index is 976. The number of hydrogen-bond acceptors (Lipinski definition) is 8. The summed E-state index contributed by atoms with van der Waals surface area (Å²) in [5, 5.41) is 20.8. The number of rotatable bonds is 15. The molecule has 0 aliphatic carbocycles. The highest BCUT2D eigenvalue weighted by Crippen LogP contribution is 2.05. The fourth-order valence-electron chi connectivity index (χ4n) is 3.00. The van der Waals surface area contributed by atoms with Crippen LogP contribution in [0.2, 0.25) is 0 Å². The Morgan fingerprint density at radius 2 is 1.39 bits per heavy atom. The van der Waals surface area contributed by atoms with Gasteiger partial charge >= 0.3 is 12.1 Å². The van der Waals surface area contributed by atoms with Gasteiger partial charge in [0.05, 0.1) is 13.1 Å². The van der Waals surface area contributed by atoms with Crippen molar-refractivity contribution in [3.05, 3.63) is 35.9 Å². The van der Waals surface area contributed by atoms with Gasteiger partial charge in [-0.05, 0) is 24.8 Å². The Kier molecular flexibility index (Phi) is 14.3. The summed E-state index contributed by atoms with van der Waals surface area (Å²) >= 11 is 3.85. The molecule has 0 aliphatic heterocycles. The molecule has 0 radical (unpaired) electrons. The van der Waals surface area contributed by atoms with E-state index in [4.69, 9.17) is 9.84 Å². The second kappa shape index (κ2) is 16.8. The van der Waals surface area contributed by atoms with Crippen LogP contribution in [0, 0.1) is 5.92 Å². The number of carbonyl (C=O) groups excluding carboxylic acids is 5. The molecule has 2 unspecified atom stereocenters. The summed E-state index contributed by atoms with van der Waals surface area (Å²) in [5.41, 5.74) is 0.777. The van der Waals surface area contributed by atoms with Gasteiger partial charge in [-0.15, -0.1) is 0 Å². The lowest BCUT2D eigenvalue weighted by atomic mass is 10.0. The lowest BCUT2D eigenvalue weighted by Crippen LogP contribution is -2.53. The van der Waals surface area contributed by atoms with Crippen molar-refractivity contribution in [3.8, 4) is 0 Å². The number of nitrogens with one attached hydrogen (secondary N) is 5. The van der Waals surface area contributed by atoms with E-state index in [0.29, 0.717) is 0 Å². The number of benzene rings is 1. The highest BCUT2D eigenvalue weighted by Gasteiger charge is 2.24. The smallest absolute Gasteiger partial charge is 0.408 e. The van der Waals surface area contributed by atoms with E-state index in [1.54, 1.807) is 24.3 Å². The van der Waals surface area contributed by atoms with Crippen LogP contribution in [0.25, 0.3) is 0 Å². The van der Waals surface area contributed by atoms with Gasteiger partial charge in [-0.1, -0.05) is 44.2 Å². The molecule has 0 bridgehead atoms. The topological polar surface area (TPSA) is 192 Å². The van der Waals surface area contributed by atoms with Gasteiger partial charge in [0.1, 0.15) is 24.7 Å². The molecule has 5 amide bonds. The Balaban J connectivity index is 2.50. The van der Waals surface area contributed by atoms with Crippen LogP contribution >= 0.6 is 12.6 Å². The number of amides is 5. The number of carboxylic acids is 1. The van der Waals surface area contributed by atoms with Gasteiger partial charge in [-0.3, -0.25) is 19.2 Å². The Labute approximate surface area is 226 Å². The molecule has 1 aromatic carbocycles. The largest absolute Gasteiger partial charge is 0.480 e. The number of ether oxygens (including phenoxy) is 1. The maximum atomic E-state index is 12.6. The van der Waals surface area contributed by atoms with E-state index in [1.807, 2.05) is 19.9 Å². The van der Waals surface area contributed by atoms with Crippen LogP contribution in [0.1, 0.15) is 32.8 Å². The molecule has 14 heteroatoms. The number of alkyl carbamates (subject to hydrolysis) is 1. The normalized spacial score (nSPS) is 12.9. The van der Waals surface area contributed by atoms with Crippen molar-refractivity contribution in [2.45, 2.75) is 51.9 Å². The minimum Gasteiger partial charge on any atom is -0.480 e. The molecule has 3 atom stereocenters. The third kappa shape index (κ3) is 12.9. The maximum absolute atomic E-state index is 12.6. The summed E-state index contributed by atoms with van der Waals surface area (Å²) in [5.74, 6) is -4.08. The van der Waals surface area contributed by atoms with Gasteiger partial charge in [0.15, 0.2) is 0 Å². The van der Waals surface area contributed by atoms with Crippen molar-refractivity contribution in [2.24, 2.45) is 5.92 Å². The molecular formula is C24H35N5O8S. The van der Waals surface area contributed by atoms with E-state index in [0.717, 1.165) is 5.56 Å². The fourth-order valence-corrected chi connectivity index (χ4v) is 3.24. The molecule has 1 aromatic rings. The number of hydrogen-bond donors (Lipinski definition) is 7. The van der Waals surface area contributed by atoms with Crippen molar-refractivity contribution < 1.29 is 38.6 Å². The fraction of sp³-hybridized carbons (Fsp3) is 0.500. The quantitative estimate of drug-likeness (QED) is 0.142. The average molecular weight is 554 g/mol. The van der Waals surface area contributed by atoms with Crippen molar-refractivity contribution in [3.63, 3.8) is 0 Å². The first-order chi connectivity index (χ1) is 17.9. The number of aliphatic carboxylic acids is 1. The van der Waals surface area contributed by atoms with E-state index in [1.165, 1.54) is 6.92 Å². The summed E-state index contributed by atoms with van der Waals surface area (Å²) in [4.78, 5) is 72.0. The monoisotopic (exact) mass is 553 g/mol. The molecule has 1 rings (SSSR count). The minimum atomic E-state index is -1.26. The summed E-state index contributed by atoms with van der Waals surface area (Å²) in [6, 6.07) is 5.77. The summed E-state index contributed by atoms with van der Waals surface area (Å²) in [6.45, 7) is 4.14. The Morgan fingerprint density at radius 1 is 0.842 bits per heavy atom. The van der Waals surface area contributed by atoms with Gasteiger partial charge in [-0.2, -0.15) is 12.6 Å². The van der Waals surface area contributed by atoms with Crippen molar-refractivity contribution >= 4 is 48.3 Å². The first-order valence-electron chi connectivity index (χ1n) is 11.9. The van der Waals surface area contributed by atoms with Crippen LogP contribution in [-0.2, 0) is 35.3 Å². The highest BCUT2D eigenvalue weighted by molar-refractivity contribution is 7.80. The van der Waals surface area contributed by atoms with E-state index in [9.17, 15) is 28.8 Å². The highest BCUT2D eigenvalue weighted by atomic mass is 32.1. The van der Waals surface area contributed by atoms with Crippen LogP contribution in [0.5, 0.6) is 0 Å². The zero-order valence-electron chi connectivity index (χ0n) is 21.5. The molecule has 0 aromatic heterocycles. The molecular weight excluding hydrogens is 518 g/mol. The van der Waals surface area contributed by atoms with Gasteiger partial charge in [0.2, 0.25) is 23.6 Å². The molecule has 0 saturated carbocycles. The van der Waals surface area contributed by atoms with Gasteiger partial charge in [0, 0.05) is 5.75 Å².